The number of benzene rings is 2. The first-order valence-corrected chi connectivity index (χ1v) is 13.1. The summed E-state index contributed by atoms with van der Waals surface area (Å²) in [6.45, 7) is 1.50. The van der Waals surface area contributed by atoms with E-state index in [1.165, 1.54) is 53.4 Å². The lowest BCUT2D eigenvalue weighted by Gasteiger charge is -2.20. The number of nitrogens with zero attached hydrogens (tertiary/aromatic N) is 3. The highest BCUT2D eigenvalue weighted by Crippen LogP contribution is 2.34. The molecule has 2 aromatic heterocycles. The van der Waals surface area contributed by atoms with Crippen molar-refractivity contribution >= 4 is 56.1 Å². The van der Waals surface area contributed by atoms with Gasteiger partial charge in [0.2, 0.25) is 0 Å². The van der Waals surface area contributed by atoms with Crippen molar-refractivity contribution in [3.8, 4) is 5.69 Å². The number of hydrogen-bond donors (Lipinski definition) is 2. The Balaban J connectivity index is 1.94. The van der Waals surface area contributed by atoms with E-state index in [0.717, 1.165) is 4.57 Å². The van der Waals surface area contributed by atoms with Crippen LogP contribution < -0.4 is 22.1 Å². The molecule has 1 saturated carbocycles. The lowest BCUT2D eigenvalue weighted by atomic mass is 10.1. The number of halogens is 2. The van der Waals surface area contributed by atoms with Crippen LogP contribution in [0.4, 0.5) is 15.9 Å². The van der Waals surface area contributed by atoms with Crippen molar-refractivity contribution in [2.75, 3.05) is 5.32 Å². The van der Waals surface area contributed by atoms with Crippen molar-refractivity contribution in [1.29, 1.82) is 0 Å². The summed E-state index contributed by atoms with van der Waals surface area (Å²) in [5, 5.41) is 2.94. The van der Waals surface area contributed by atoms with E-state index in [9.17, 15) is 27.5 Å². The van der Waals surface area contributed by atoms with Crippen LogP contribution in [0.1, 0.15) is 24.4 Å². The van der Waals surface area contributed by atoms with Crippen LogP contribution in [0.25, 0.3) is 16.6 Å². The molecule has 5 rings (SSSR count). The fourth-order valence-electron chi connectivity index (χ4n) is 4.30. The van der Waals surface area contributed by atoms with Crippen molar-refractivity contribution in [1.82, 2.24) is 13.7 Å². The SMILES string of the molecule is Cc1c(=O)n(C)c(Nc2ccc(I)cc2F)c2c(=O)n(C3CC3)c(=O)n(-c3cccc(S(=O)O)c3)c12. The Labute approximate surface area is 219 Å². The van der Waals surface area contributed by atoms with Gasteiger partial charge in [-0.2, -0.15) is 0 Å². The first-order valence-electron chi connectivity index (χ1n) is 10.9. The number of aromatic nitrogens is 3. The van der Waals surface area contributed by atoms with Crippen LogP contribution in [0, 0.1) is 16.3 Å². The molecule has 2 N–H and O–H groups in total. The summed E-state index contributed by atoms with van der Waals surface area (Å²) in [5.74, 6) is -0.534. The third-order valence-electron chi connectivity index (χ3n) is 6.22. The molecule has 0 radical (unpaired) electrons. The molecule has 4 aromatic rings. The van der Waals surface area contributed by atoms with Gasteiger partial charge in [0.25, 0.3) is 11.1 Å². The minimum absolute atomic E-state index is 0.0366. The molecular formula is C24H20FIN4O5S. The molecule has 186 valence electrons. The number of fused-ring (bicyclic) bond motifs is 1. The lowest BCUT2D eigenvalue weighted by Crippen LogP contribution is -2.41. The minimum atomic E-state index is -2.31. The van der Waals surface area contributed by atoms with Gasteiger partial charge in [0, 0.05) is 22.2 Å². The molecule has 2 heterocycles. The molecule has 2 aromatic carbocycles. The van der Waals surface area contributed by atoms with E-state index >= 15 is 0 Å². The molecule has 1 fully saturated rings. The van der Waals surface area contributed by atoms with Gasteiger partial charge in [-0.25, -0.2) is 13.4 Å². The fraction of sp³-hybridized carbons (Fsp3) is 0.208. The number of anilines is 2. The number of aryl methyl sites for hydroxylation is 1. The van der Waals surface area contributed by atoms with Gasteiger partial charge in [0.15, 0.2) is 11.1 Å². The number of pyridine rings is 1. The molecule has 0 amide bonds. The molecular weight excluding hydrogens is 602 g/mol. The van der Waals surface area contributed by atoms with E-state index in [1.807, 2.05) is 22.6 Å². The zero-order valence-electron chi connectivity index (χ0n) is 19.1. The minimum Gasteiger partial charge on any atom is -0.338 e. The van der Waals surface area contributed by atoms with Crippen molar-refractivity contribution in [3.05, 3.63) is 88.6 Å². The normalized spacial score (nSPS) is 14.2. The molecule has 1 aliphatic carbocycles. The molecule has 0 spiro atoms. The van der Waals surface area contributed by atoms with E-state index in [-0.39, 0.29) is 44.6 Å². The maximum atomic E-state index is 14.7. The Morgan fingerprint density at radius 3 is 2.47 bits per heavy atom. The number of rotatable bonds is 5. The highest BCUT2D eigenvalue weighted by molar-refractivity contribution is 14.1. The van der Waals surface area contributed by atoms with E-state index in [1.54, 1.807) is 12.1 Å². The van der Waals surface area contributed by atoms with E-state index in [4.69, 9.17) is 0 Å². The quantitative estimate of drug-likeness (QED) is 0.260. The van der Waals surface area contributed by atoms with Crippen LogP contribution in [0.3, 0.4) is 0 Å². The van der Waals surface area contributed by atoms with Gasteiger partial charge in [-0.05, 0) is 78.8 Å². The Morgan fingerprint density at radius 2 is 1.83 bits per heavy atom. The fourth-order valence-corrected chi connectivity index (χ4v) is 5.17. The van der Waals surface area contributed by atoms with Gasteiger partial charge in [-0.3, -0.25) is 23.3 Å². The van der Waals surface area contributed by atoms with Crippen LogP contribution in [0.5, 0.6) is 0 Å². The van der Waals surface area contributed by atoms with Crippen LogP contribution in [-0.2, 0) is 18.1 Å². The predicted octanol–water partition coefficient (Wildman–Crippen LogP) is 3.56. The second kappa shape index (κ2) is 9.09. The first kappa shape index (κ1) is 24.6. The lowest BCUT2D eigenvalue weighted by molar-refractivity contribution is 0.564. The van der Waals surface area contributed by atoms with Crippen LogP contribution >= 0.6 is 22.6 Å². The Kier molecular flexibility index (Phi) is 6.21. The highest BCUT2D eigenvalue weighted by atomic mass is 127. The summed E-state index contributed by atoms with van der Waals surface area (Å²) < 4.78 is 40.3. The van der Waals surface area contributed by atoms with Gasteiger partial charge in [0.05, 0.1) is 21.8 Å². The van der Waals surface area contributed by atoms with Gasteiger partial charge in [0.1, 0.15) is 17.0 Å². The highest BCUT2D eigenvalue weighted by Gasteiger charge is 2.31. The molecule has 9 nitrogen and oxygen atoms in total. The molecule has 1 aliphatic rings. The molecule has 0 bridgehead atoms. The average molecular weight is 622 g/mol. The maximum Gasteiger partial charge on any atom is 0.336 e. The third-order valence-corrected chi connectivity index (χ3v) is 7.55. The van der Waals surface area contributed by atoms with Crippen LogP contribution in [0.15, 0.2) is 61.7 Å². The zero-order chi connectivity index (χ0) is 25.9. The molecule has 0 aliphatic heterocycles. The van der Waals surface area contributed by atoms with E-state index in [2.05, 4.69) is 5.32 Å². The monoisotopic (exact) mass is 622 g/mol. The van der Waals surface area contributed by atoms with Crippen molar-refractivity contribution in [3.63, 3.8) is 0 Å². The van der Waals surface area contributed by atoms with Gasteiger partial charge in [-0.1, -0.05) is 6.07 Å². The Hall–Kier alpha value is -3.10. The second-order valence-corrected chi connectivity index (χ2v) is 10.8. The predicted molar refractivity (Wildman–Crippen MR) is 143 cm³/mol. The Morgan fingerprint density at radius 1 is 1.11 bits per heavy atom. The molecule has 1 unspecified atom stereocenters. The van der Waals surface area contributed by atoms with E-state index in [0.29, 0.717) is 16.4 Å². The van der Waals surface area contributed by atoms with Gasteiger partial charge in [-0.15, -0.1) is 0 Å². The summed E-state index contributed by atoms with van der Waals surface area (Å²) in [6, 6.07) is 10.1. The summed E-state index contributed by atoms with van der Waals surface area (Å²) >= 11 is -0.338. The number of hydrogen-bond acceptors (Lipinski definition) is 5. The summed E-state index contributed by atoms with van der Waals surface area (Å²) in [7, 11) is 1.47. The second-order valence-electron chi connectivity index (χ2n) is 8.58. The summed E-state index contributed by atoms with van der Waals surface area (Å²) in [4.78, 5) is 40.8. The number of nitrogens with one attached hydrogen (secondary N) is 1. The smallest absolute Gasteiger partial charge is 0.336 e. The largest absolute Gasteiger partial charge is 0.338 e. The van der Waals surface area contributed by atoms with Gasteiger partial charge < -0.3 is 9.87 Å². The third kappa shape index (κ3) is 4.02. The zero-order valence-corrected chi connectivity index (χ0v) is 22.1. The van der Waals surface area contributed by atoms with E-state index < -0.39 is 33.7 Å². The van der Waals surface area contributed by atoms with Gasteiger partial charge >= 0.3 is 5.69 Å². The van der Waals surface area contributed by atoms with Crippen LogP contribution in [0.2, 0.25) is 0 Å². The molecule has 36 heavy (non-hydrogen) atoms. The molecule has 12 heteroatoms. The average Bonchev–Trinajstić information content (AvgIpc) is 3.67. The standard InChI is InChI=1S/C24H20FIN4O5S/c1-12-20-19(21(28(2)22(12)31)27-18-9-6-13(26)10-17(18)25)23(32)30(14-7-8-14)24(33)29(20)15-4-3-5-16(11-15)36(34)35/h3-6,9-11,14,27H,7-8H2,1-2H3,(H,34,35). The van der Waals surface area contributed by atoms with Crippen molar-refractivity contribution in [2.45, 2.75) is 30.7 Å². The summed E-state index contributed by atoms with van der Waals surface area (Å²) in [5.41, 5.74) is -1.27. The topological polar surface area (TPSA) is 115 Å². The van der Waals surface area contributed by atoms with Crippen molar-refractivity contribution in [2.24, 2.45) is 7.05 Å². The maximum absolute atomic E-state index is 14.7. The Bertz CT molecular complexity index is 1770. The van der Waals surface area contributed by atoms with Crippen LogP contribution in [-0.4, -0.2) is 22.5 Å². The van der Waals surface area contributed by atoms with Crippen molar-refractivity contribution < 1.29 is 13.2 Å². The molecule has 0 saturated heterocycles. The first-order chi connectivity index (χ1) is 17.1. The summed E-state index contributed by atoms with van der Waals surface area (Å²) in [6.07, 6.45) is 1.28. The molecule has 1 atom stereocenters.